The van der Waals surface area contributed by atoms with E-state index in [1.807, 2.05) is 0 Å². The molecule has 90 valence electrons. The molecule has 3 rings (SSSR count). The minimum atomic E-state index is 0.223. The van der Waals surface area contributed by atoms with E-state index in [1.54, 1.807) is 18.2 Å². The van der Waals surface area contributed by atoms with E-state index in [1.165, 1.54) is 19.3 Å². The van der Waals surface area contributed by atoms with Gasteiger partial charge in [-0.3, -0.25) is 0 Å². The van der Waals surface area contributed by atoms with E-state index in [4.69, 9.17) is 4.74 Å². The maximum atomic E-state index is 9.36. The SMILES string of the molecule is Oc1ccc2c(c1)OCC(N1CCCCC1)=N2. The van der Waals surface area contributed by atoms with Gasteiger partial charge in [-0.1, -0.05) is 0 Å². The second-order valence-corrected chi connectivity index (χ2v) is 4.52. The number of piperidine rings is 1. The van der Waals surface area contributed by atoms with Crippen LogP contribution < -0.4 is 4.74 Å². The summed E-state index contributed by atoms with van der Waals surface area (Å²) in [5, 5.41) is 9.36. The zero-order chi connectivity index (χ0) is 11.7. The Kier molecular flexibility index (Phi) is 2.63. The van der Waals surface area contributed by atoms with Crippen LogP contribution in [0.5, 0.6) is 11.5 Å². The molecule has 0 bridgehead atoms. The molecule has 0 aromatic heterocycles. The van der Waals surface area contributed by atoms with Gasteiger partial charge in [0.25, 0.3) is 0 Å². The molecule has 17 heavy (non-hydrogen) atoms. The fourth-order valence-corrected chi connectivity index (χ4v) is 2.34. The first-order valence-corrected chi connectivity index (χ1v) is 6.11. The molecule has 2 heterocycles. The van der Waals surface area contributed by atoms with E-state index in [0.717, 1.165) is 24.6 Å². The Balaban J connectivity index is 1.86. The van der Waals surface area contributed by atoms with E-state index in [9.17, 15) is 5.11 Å². The highest BCUT2D eigenvalue weighted by Crippen LogP contribution is 2.34. The predicted molar refractivity (Wildman–Crippen MR) is 66.1 cm³/mol. The average Bonchev–Trinajstić information content (AvgIpc) is 2.39. The van der Waals surface area contributed by atoms with E-state index in [0.29, 0.717) is 12.4 Å². The molecule has 0 atom stereocenters. The Hall–Kier alpha value is -1.71. The van der Waals surface area contributed by atoms with Crippen molar-refractivity contribution in [3.05, 3.63) is 18.2 Å². The summed E-state index contributed by atoms with van der Waals surface area (Å²) in [6.07, 6.45) is 3.79. The van der Waals surface area contributed by atoms with Crippen molar-refractivity contribution in [1.82, 2.24) is 4.90 Å². The Morgan fingerprint density at radius 3 is 2.82 bits per heavy atom. The first-order valence-electron chi connectivity index (χ1n) is 6.11. The maximum Gasteiger partial charge on any atom is 0.149 e. The van der Waals surface area contributed by atoms with Crippen molar-refractivity contribution in [3.8, 4) is 11.5 Å². The molecule has 4 nitrogen and oxygen atoms in total. The van der Waals surface area contributed by atoms with Gasteiger partial charge in [-0.25, -0.2) is 4.99 Å². The third-order valence-electron chi connectivity index (χ3n) is 3.27. The van der Waals surface area contributed by atoms with Crippen LogP contribution in [0.15, 0.2) is 23.2 Å². The highest BCUT2D eigenvalue weighted by atomic mass is 16.5. The zero-order valence-corrected chi connectivity index (χ0v) is 9.72. The number of benzene rings is 1. The molecular weight excluding hydrogens is 216 g/mol. The summed E-state index contributed by atoms with van der Waals surface area (Å²) in [4.78, 5) is 6.92. The molecule has 0 unspecified atom stereocenters. The number of amidine groups is 1. The van der Waals surface area contributed by atoms with Crippen LogP contribution in [0.1, 0.15) is 19.3 Å². The number of aromatic hydroxyl groups is 1. The molecular formula is C13H16N2O2. The molecule has 4 heteroatoms. The van der Waals surface area contributed by atoms with Gasteiger partial charge in [-0.05, 0) is 31.4 Å². The number of phenolic OH excluding ortho intramolecular Hbond substituents is 1. The number of nitrogens with zero attached hydrogens (tertiary/aromatic N) is 2. The molecule has 1 saturated heterocycles. The second kappa shape index (κ2) is 4.28. The maximum absolute atomic E-state index is 9.36. The van der Waals surface area contributed by atoms with Crippen molar-refractivity contribution in [2.24, 2.45) is 4.99 Å². The number of hydrogen-bond acceptors (Lipinski definition) is 4. The number of phenols is 1. The van der Waals surface area contributed by atoms with Gasteiger partial charge >= 0.3 is 0 Å². The van der Waals surface area contributed by atoms with Crippen molar-refractivity contribution in [1.29, 1.82) is 0 Å². The number of ether oxygens (including phenoxy) is 1. The van der Waals surface area contributed by atoms with Crippen molar-refractivity contribution >= 4 is 11.5 Å². The minimum Gasteiger partial charge on any atom is -0.508 e. The number of fused-ring (bicyclic) bond motifs is 1. The van der Waals surface area contributed by atoms with Gasteiger partial charge in [0.15, 0.2) is 0 Å². The summed E-state index contributed by atoms with van der Waals surface area (Å²) < 4.78 is 5.64. The fourth-order valence-electron chi connectivity index (χ4n) is 2.34. The molecule has 0 amide bonds. The molecule has 1 fully saturated rings. The lowest BCUT2D eigenvalue weighted by molar-refractivity contribution is 0.297. The number of aliphatic imine (C=N–C) groups is 1. The minimum absolute atomic E-state index is 0.223. The average molecular weight is 232 g/mol. The summed E-state index contributed by atoms with van der Waals surface area (Å²) in [5.74, 6) is 1.91. The van der Waals surface area contributed by atoms with Gasteiger partial charge in [-0.2, -0.15) is 0 Å². The lowest BCUT2D eigenvalue weighted by atomic mass is 10.1. The van der Waals surface area contributed by atoms with Gasteiger partial charge in [0.2, 0.25) is 0 Å². The summed E-state index contributed by atoms with van der Waals surface area (Å²) in [6, 6.07) is 5.06. The van der Waals surface area contributed by atoms with Gasteiger partial charge in [0.05, 0.1) is 0 Å². The lowest BCUT2D eigenvalue weighted by Gasteiger charge is -2.31. The zero-order valence-electron chi connectivity index (χ0n) is 9.72. The van der Waals surface area contributed by atoms with E-state index < -0.39 is 0 Å². The fraction of sp³-hybridized carbons (Fsp3) is 0.462. The van der Waals surface area contributed by atoms with Gasteiger partial charge < -0.3 is 14.7 Å². The monoisotopic (exact) mass is 232 g/mol. The summed E-state index contributed by atoms with van der Waals surface area (Å²) in [7, 11) is 0. The molecule has 2 aliphatic heterocycles. The van der Waals surface area contributed by atoms with Crippen LogP contribution in [-0.4, -0.2) is 35.5 Å². The highest BCUT2D eigenvalue weighted by Gasteiger charge is 2.20. The van der Waals surface area contributed by atoms with Crippen LogP contribution >= 0.6 is 0 Å². The van der Waals surface area contributed by atoms with E-state index in [-0.39, 0.29) is 5.75 Å². The molecule has 0 aliphatic carbocycles. The Bertz CT molecular complexity index is 451. The van der Waals surface area contributed by atoms with Crippen molar-refractivity contribution in [2.45, 2.75) is 19.3 Å². The quantitative estimate of drug-likeness (QED) is 0.746. The van der Waals surface area contributed by atoms with Gasteiger partial charge in [0, 0.05) is 19.2 Å². The van der Waals surface area contributed by atoms with Crippen LogP contribution in [0, 0.1) is 0 Å². The molecule has 0 radical (unpaired) electrons. The van der Waals surface area contributed by atoms with Crippen molar-refractivity contribution in [2.75, 3.05) is 19.7 Å². The van der Waals surface area contributed by atoms with Gasteiger partial charge in [0.1, 0.15) is 29.6 Å². The topological polar surface area (TPSA) is 45.1 Å². The number of likely N-dealkylation sites (tertiary alicyclic amines) is 1. The van der Waals surface area contributed by atoms with Crippen molar-refractivity contribution < 1.29 is 9.84 Å². The van der Waals surface area contributed by atoms with E-state index >= 15 is 0 Å². The van der Waals surface area contributed by atoms with Crippen LogP contribution in [0.2, 0.25) is 0 Å². The summed E-state index contributed by atoms with van der Waals surface area (Å²) in [6.45, 7) is 2.67. The number of hydrogen-bond donors (Lipinski definition) is 1. The van der Waals surface area contributed by atoms with Crippen LogP contribution in [-0.2, 0) is 0 Å². The Morgan fingerprint density at radius 1 is 1.18 bits per heavy atom. The molecule has 0 saturated carbocycles. The standard InChI is InChI=1S/C13H16N2O2/c16-10-4-5-11-12(8-10)17-9-13(14-11)15-6-2-1-3-7-15/h4-5,8,16H,1-3,6-7,9H2. The molecule has 1 aromatic carbocycles. The summed E-state index contributed by atoms with van der Waals surface area (Å²) >= 11 is 0. The lowest BCUT2D eigenvalue weighted by Crippen LogP contribution is -2.39. The molecule has 2 aliphatic rings. The summed E-state index contributed by atoms with van der Waals surface area (Å²) in [5.41, 5.74) is 0.814. The van der Waals surface area contributed by atoms with Crippen LogP contribution in [0.4, 0.5) is 5.69 Å². The largest absolute Gasteiger partial charge is 0.508 e. The normalized spacial score (nSPS) is 19.3. The molecule has 0 spiro atoms. The Labute approximate surface area is 101 Å². The Morgan fingerprint density at radius 2 is 2.00 bits per heavy atom. The molecule has 1 aromatic rings. The molecule has 1 N–H and O–H groups in total. The van der Waals surface area contributed by atoms with Crippen LogP contribution in [0.25, 0.3) is 0 Å². The van der Waals surface area contributed by atoms with Crippen molar-refractivity contribution in [3.63, 3.8) is 0 Å². The predicted octanol–water partition coefficient (Wildman–Crippen LogP) is 2.30. The third-order valence-corrected chi connectivity index (χ3v) is 3.27. The third kappa shape index (κ3) is 2.07. The van der Waals surface area contributed by atoms with Crippen LogP contribution in [0.3, 0.4) is 0 Å². The first-order chi connectivity index (χ1) is 8.33. The highest BCUT2D eigenvalue weighted by molar-refractivity contribution is 5.88. The number of rotatable bonds is 0. The second-order valence-electron chi connectivity index (χ2n) is 4.52. The smallest absolute Gasteiger partial charge is 0.149 e. The van der Waals surface area contributed by atoms with E-state index in [2.05, 4.69) is 9.89 Å². The van der Waals surface area contributed by atoms with Gasteiger partial charge in [-0.15, -0.1) is 0 Å². The first kappa shape index (κ1) is 10.4.